The molecule has 0 saturated carbocycles. The molecule has 1 fully saturated rings. The number of morpholine rings is 1. The van der Waals surface area contributed by atoms with Gasteiger partial charge in [0.25, 0.3) is 5.91 Å². The normalized spacial score (nSPS) is 15.1. The van der Waals surface area contributed by atoms with Crippen molar-refractivity contribution in [3.63, 3.8) is 0 Å². The summed E-state index contributed by atoms with van der Waals surface area (Å²) in [5, 5.41) is 10.9. The molecular formula is C17H23N5O3. The van der Waals surface area contributed by atoms with Crippen molar-refractivity contribution in [1.29, 1.82) is 0 Å². The minimum atomic E-state index is -0.274. The Morgan fingerprint density at radius 1 is 1.28 bits per heavy atom. The molecule has 0 bridgehead atoms. The van der Waals surface area contributed by atoms with Gasteiger partial charge >= 0.3 is 0 Å². The molecule has 2 heterocycles. The van der Waals surface area contributed by atoms with Crippen LogP contribution < -0.4 is 10.1 Å². The Kier molecular flexibility index (Phi) is 5.97. The summed E-state index contributed by atoms with van der Waals surface area (Å²) in [5.41, 5.74) is 1.27. The van der Waals surface area contributed by atoms with Gasteiger partial charge in [-0.05, 0) is 5.56 Å². The number of rotatable bonds is 7. The van der Waals surface area contributed by atoms with Crippen LogP contribution in [-0.4, -0.2) is 72.3 Å². The van der Waals surface area contributed by atoms with Crippen molar-refractivity contribution in [2.45, 2.75) is 6.54 Å². The molecule has 1 aliphatic rings. The molecule has 0 aliphatic carbocycles. The van der Waals surface area contributed by atoms with Crippen molar-refractivity contribution >= 4 is 5.91 Å². The van der Waals surface area contributed by atoms with E-state index >= 15 is 0 Å². The van der Waals surface area contributed by atoms with Gasteiger partial charge in [-0.3, -0.25) is 9.69 Å². The van der Waals surface area contributed by atoms with E-state index in [-0.39, 0.29) is 11.6 Å². The predicted octanol–water partition coefficient (Wildman–Crippen LogP) is 0.397. The largest absolute Gasteiger partial charge is 0.479 e. The van der Waals surface area contributed by atoms with Gasteiger partial charge in [0, 0.05) is 26.2 Å². The highest BCUT2D eigenvalue weighted by Crippen LogP contribution is 2.16. The molecule has 25 heavy (non-hydrogen) atoms. The van der Waals surface area contributed by atoms with Crippen LogP contribution in [0.25, 0.3) is 0 Å². The van der Waals surface area contributed by atoms with Crippen molar-refractivity contribution in [3.8, 4) is 5.88 Å². The first-order valence-corrected chi connectivity index (χ1v) is 8.37. The van der Waals surface area contributed by atoms with E-state index < -0.39 is 0 Å². The Hall–Kier alpha value is -2.45. The van der Waals surface area contributed by atoms with Crippen LogP contribution in [0, 0.1) is 0 Å². The molecule has 3 rings (SSSR count). The standard InChI is InChI=1S/C17H23N5O3/c1-24-17-15(16(23)18-7-8-21-9-11-25-12-10-21)19-20-22(17)13-14-5-3-2-4-6-14/h2-6H,7-13H2,1H3,(H,18,23). The molecule has 8 heteroatoms. The molecule has 0 spiro atoms. The number of carbonyl (C=O) groups excluding carboxylic acids is 1. The van der Waals surface area contributed by atoms with Crippen LogP contribution in [0.5, 0.6) is 5.88 Å². The average molecular weight is 345 g/mol. The summed E-state index contributed by atoms with van der Waals surface area (Å²) in [6, 6.07) is 9.85. The Labute approximate surface area is 146 Å². The summed E-state index contributed by atoms with van der Waals surface area (Å²) < 4.78 is 12.3. The highest BCUT2D eigenvalue weighted by atomic mass is 16.5. The summed E-state index contributed by atoms with van der Waals surface area (Å²) in [6.45, 7) is 5.12. The third-order valence-electron chi connectivity index (χ3n) is 4.09. The summed E-state index contributed by atoms with van der Waals surface area (Å²) in [4.78, 5) is 14.6. The number of nitrogens with one attached hydrogen (secondary N) is 1. The fourth-order valence-corrected chi connectivity index (χ4v) is 2.74. The molecule has 0 radical (unpaired) electrons. The number of aromatic nitrogens is 3. The first-order valence-electron chi connectivity index (χ1n) is 8.37. The van der Waals surface area contributed by atoms with Crippen LogP contribution in [0.2, 0.25) is 0 Å². The molecular weight excluding hydrogens is 322 g/mol. The van der Waals surface area contributed by atoms with Crippen LogP contribution in [0.1, 0.15) is 16.1 Å². The zero-order valence-corrected chi connectivity index (χ0v) is 14.4. The van der Waals surface area contributed by atoms with E-state index in [4.69, 9.17) is 9.47 Å². The molecule has 1 aromatic heterocycles. The number of benzene rings is 1. The molecule has 1 saturated heterocycles. The second-order valence-electron chi connectivity index (χ2n) is 5.80. The SMILES string of the molecule is COc1c(C(=O)NCCN2CCOCC2)nnn1Cc1ccccc1. The van der Waals surface area contributed by atoms with Gasteiger partial charge in [0.2, 0.25) is 11.6 Å². The quantitative estimate of drug-likeness (QED) is 0.782. The smallest absolute Gasteiger partial charge is 0.277 e. The number of nitrogens with zero attached hydrogens (tertiary/aromatic N) is 4. The van der Waals surface area contributed by atoms with E-state index in [1.165, 1.54) is 7.11 Å². The van der Waals surface area contributed by atoms with Gasteiger partial charge < -0.3 is 14.8 Å². The lowest BCUT2D eigenvalue weighted by Crippen LogP contribution is -2.41. The molecule has 1 N–H and O–H groups in total. The van der Waals surface area contributed by atoms with Gasteiger partial charge in [0.05, 0.1) is 26.9 Å². The number of hydrogen-bond acceptors (Lipinski definition) is 6. The van der Waals surface area contributed by atoms with Gasteiger partial charge in [-0.2, -0.15) is 0 Å². The molecule has 1 aliphatic heterocycles. The molecule has 8 nitrogen and oxygen atoms in total. The van der Waals surface area contributed by atoms with E-state index in [9.17, 15) is 4.79 Å². The number of ether oxygens (including phenoxy) is 2. The van der Waals surface area contributed by atoms with E-state index in [1.54, 1.807) is 4.68 Å². The molecule has 1 aromatic carbocycles. The zero-order valence-electron chi connectivity index (χ0n) is 14.4. The van der Waals surface area contributed by atoms with Crippen LogP contribution in [0.15, 0.2) is 30.3 Å². The molecule has 1 amide bonds. The lowest BCUT2D eigenvalue weighted by molar-refractivity contribution is 0.0383. The third kappa shape index (κ3) is 4.55. The van der Waals surface area contributed by atoms with Gasteiger partial charge in [-0.1, -0.05) is 35.5 Å². The van der Waals surface area contributed by atoms with E-state index in [0.29, 0.717) is 19.0 Å². The Balaban J connectivity index is 1.58. The first-order chi connectivity index (χ1) is 12.3. The van der Waals surface area contributed by atoms with Gasteiger partial charge in [0.1, 0.15) is 0 Å². The minimum Gasteiger partial charge on any atom is -0.479 e. The van der Waals surface area contributed by atoms with E-state index in [2.05, 4.69) is 20.5 Å². The highest BCUT2D eigenvalue weighted by Gasteiger charge is 2.21. The van der Waals surface area contributed by atoms with Crippen LogP contribution in [0.4, 0.5) is 0 Å². The van der Waals surface area contributed by atoms with Crippen LogP contribution in [0.3, 0.4) is 0 Å². The Bertz CT molecular complexity index is 683. The molecule has 0 atom stereocenters. The van der Waals surface area contributed by atoms with Crippen LogP contribution >= 0.6 is 0 Å². The summed E-state index contributed by atoms with van der Waals surface area (Å²) >= 11 is 0. The number of hydrogen-bond donors (Lipinski definition) is 1. The monoisotopic (exact) mass is 345 g/mol. The topological polar surface area (TPSA) is 81.5 Å². The molecule has 0 unspecified atom stereocenters. The zero-order chi connectivity index (χ0) is 17.5. The third-order valence-corrected chi connectivity index (χ3v) is 4.09. The minimum absolute atomic E-state index is 0.209. The number of methoxy groups -OCH3 is 1. The lowest BCUT2D eigenvalue weighted by Gasteiger charge is -2.26. The average Bonchev–Trinajstić information content (AvgIpc) is 3.06. The highest BCUT2D eigenvalue weighted by molar-refractivity contribution is 5.94. The van der Waals surface area contributed by atoms with E-state index in [1.807, 2.05) is 30.3 Å². The van der Waals surface area contributed by atoms with Crippen molar-refractivity contribution in [2.24, 2.45) is 0 Å². The summed E-state index contributed by atoms with van der Waals surface area (Å²) in [6.07, 6.45) is 0. The summed E-state index contributed by atoms with van der Waals surface area (Å²) in [7, 11) is 1.52. The predicted molar refractivity (Wildman–Crippen MR) is 91.7 cm³/mol. The van der Waals surface area contributed by atoms with E-state index in [0.717, 1.165) is 38.4 Å². The van der Waals surface area contributed by atoms with Gasteiger partial charge in [-0.25, -0.2) is 4.68 Å². The second-order valence-corrected chi connectivity index (χ2v) is 5.80. The van der Waals surface area contributed by atoms with Crippen molar-refractivity contribution in [2.75, 3.05) is 46.5 Å². The van der Waals surface area contributed by atoms with Crippen LogP contribution in [-0.2, 0) is 11.3 Å². The summed E-state index contributed by atoms with van der Waals surface area (Å²) in [5.74, 6) is 0.0946. The van der Waals surface area contributed by atoms with Crippen molar-refractivity contribution in [3.05, 3.63) is 41.6 Å². The molecule has 134 valence electrons. The fourth-order valence-electron chi connectivity index (χ4n) is 2.74. The Morgan fingerprint density at radius 2 is 2.04 bits per heavy atom. The number of carbonyl (C=O) groups is 1. The maximum atomic E-state index is 12.4. The van der Waals surface area contributed by atoms with Gasteiger partial charge in [-0.15, -0.1) is 5.10 Å². The molecule has 2 aromatic rings. The Morgan fingerprint density at radius 3 is 2.76 bits per heavy atom. The fraction of sp³-hybridized carbons (Fsp3) is 0.471. The lowest BCUT2D eigenvalue weighted by atomic mass is 10.2. The number of amides is 1. The second kappa shape index (κ2) is 8.59. The van der Waals surface area contributed by atoms with Crippen molar-refractivity contribution in [1.82, 2.24) is 25.2 Å². The maximum absolute atomic E-state index is 12.4. The first kappa shape index (κ1) is 17.4. The van der Waals surface area contributed by atoms with Crippen molar-refractivity contribution < 1.29 is 14.3 Å². The van der Waals surface area contributed by atoms with Gasteiger partial charge in [0.15, 0.2) is 0 Å². The maximum Gasteiger partial charge on any atom is 0.277 e.